The molecule has 0 aliphatic carbocycles. The Hall–Kier alpha value is -2.73. The molecule has 1 aliphatic heterocycles. The monoisotopic (exact) mass is 336 g/mol. The molecule has 3 aromatic rings. The lowest BCUT2D eigenvalue weighted by atomic mass is 10.1. The van der Waals surface area contributed by atoms with Crippen LogP contribution in [-0.2, 0) is 11.2 Å². The third-order valence-corrected chi connectivity index (χ3v) is 4.47. The number of nitrogens with zero attached hydrogens (tertiary/aromatic N) is 4. The first kappa shape index (κ1) is 15.8. The minimum Gasteiger partial charge on any atom is -0.374 e. The lowest BCUT2D eigenvalue weighted by Crippen LogP contribution is -2.46. The van der Waals surface area contributed by atoms with Gasteiger partial charge < -0.3 is 9.64 Å². The van der Waals surface area contributed by atoms with Crippen LogP contribution in [0.4, 0.5) is 0 Å². The molecule has 6 nitrogen and oxygen atoms in total. The van der Waals surface area contributed by atoms with Gasteiger partial charge in [-0.2, -0.15) is 5.10 Å². The zero-order valence-corrected chi connectivity index (χ0v) is 14.1. The summed E-state index contributed by atoms with van der Waals surface area (Å²) in [4.78, 5) is 19.3. The highest BCUT2D eigenvalue weighted by Crippen LogP contribution is 2.17. The highest BCUT2D eigenvalue weighted by atomic mass is 16.5. The van der Waals surface area contributed by atoms with Gasteiger partial charge in [0.05, 0.1) is 18.9 Å². The van der Waals surface area contributed by atoms with Crippen molar-refractivity contribution in [1.29, 1.82) is 0 Å². The van der Waals surface area contributed by atoms with Crippen molar-refractivity contribution < 1.29 is 9.53 Å². The van der Waals surface area contributed by atoms with Gasteiger partial charge in [0, 0.05) is 31.4 Å². The first-order chi connectivity index (χ1) is 12.2. The van der Waals surface area contributed by atoms with Gasteiger partial charge in [0.2, 0.25) is 0 Å². The van der Waals surface area contributed by atoms with Crippen LogP contribution in [0.15, 0.2) is 48.8 Å². The van der Waals surface area contributed by atoms with Crippen molar-refractivity contribution in [3.05, 3.63) is 65.6 Å². The second-order valence-electron chi connectivity index (χ2n) is 6.33. The van der Waals surface area contributed by atoms with Crippen LogP contribution in [-0.4, -0.2) is 51.2 Å². The van der Waals surface area contributed by atoms with E-state index in [1.165, 1.54) is 5.56 Å². The van der Waals surface area contributed by atoms with E-state index in [-0.39, 0.29) is 12.0 Å². The molecule has 1 saturated heterocycles. The number of aryl methyl sites for hydroxylation is 1. The summed E-state index contributed by atoms with van der Waals surface area (Å²) in [5, 5.41) is 4.24. The van der Waals surface area contributed by atoms with Crippen LogP contribution in [0, 0.1) is 6.92 Å². The number of rotatable bonds is 3. The number of morpholine rings is 1. The second kappa shape index (κ2) is 6.64. The summed E-state index contributed by atoms with van der Waals surface area (Å²) in [6.07, 6.45) is 4.24. The molecule has 0 spiro atoms. The molecule has 6 heteroatoms. The number of hydrogen-bond donors (Lipinski definition) is 0. The fourth-order valence-corrected chi connectivity index (χ4v) is 3.18. The van der Waals surface area contributed by atoms with Gasteiger partial charge in [-0.15, -0.1) is 0 Å². The number of hydrogen-bond acceptors (Lipinski definition) is 4. The maximum atomic E-state index is 13.0. The summed E-state index contributed by atoms with van der Waals surface area (Å²) in [5.41, 5.74) is 3.24. The van der Waals surface area contributed by atoms with Crippen molar-refractivity contribution in [2.45, 2.75) is 19.4 Å². The molecule has 0 N–H and O–H groups in total. The van der Waals surface area contributed by atoms with Gasteiger partial charge in [0.1, 0.15) is 5.56 Å². The summed E-state index contributed by atoms with van der Waals surface area (Å²) < 4.78 is 7.50. The van der Waals surface area contributed by atoms with Crippen molar-refractivity contribution in [2.75, 3.05) is 19.7 Å². The Morgan fingerprint density at radius 3 is 2.96 bits per heavy atom. The van der Waals surface area contributed by atoms with Crippen molar-refractivity contribution in [1.82, 2.24) is 19.5 Å². The van der Waals surface area contributed by atoms with Crippen LogP contribution in [0.5, 0.6) is 0 Å². The third kappa shape index (κ3) is 3.25. The first-order valence-electron chi connectivity index (χ1n) is 8.46. The Kier molecular flexibility index (Phi) is 4.19. The number of benzene rings is 1. The molecule has 0 saturated carbocycles. The molecule has 4 rings (SSSR count). The van der Waals surface area contributed by atoms with Gasteiger partial charge in [0.25, 0.3) is 5.91 Å². The maximum Gasteiger partial charge on any atom is 0.259 e. The number of ether oxygens (including phenoxy) is 1. The summed E-state index contributed by atoms with van der Waals surface area (Å²) in [5.74, 6) is -0.0329. The van der Waals surface area contributed by atoms with Gasteiger partial charge in [-0.05, 0) is 18.6 Å². The van der Waals surface area contributed by atoms with Gasteiger partial charge in [-0.25, -0.2) is 9.50 Å². The number of fused-ring (bicyclic) bond motifs is 1. The van der Waals surface area contributed by atoms with Crippen LogP contribution in [0.1, 0.15) is 21.6 Å². The Bertz CT molecular complexity index is 891. The predicted molar refractivity (Wildman–Crippen MR) is 93.5 cm³/mol. The molecule has 1 aliphatic rings. The predicted octanol–water partition coefficient (Wildman–Crippen LogP) is 2.12. The molecule has 1 amide bonds. The first-order valence-corrected chi connectivity index (χ1v) is 8.46. The van der Waals surface area contributed by atoms with Crippen LogP contribution in [0.25, 0.3) is 5.65 Å². The average Bonchev–Trinajstić information content (AvgIpc) is 3.05. The fourth-order valence-electron chi connectivity index (χ4n) is 3.18. The van der Waals surface area contributed by atoms with E-state index < -0.39 is 0 Å². The summed E-state index contributed by atoms with van der Waals surface area (Å²) in [6.45, 7) is 3.63. The van der Waals surface area contributed by atoms with Gasteiger partial charge in [-0.3, -0.25) is 4.79 Å². The normalized spacial score (nSPS) is 17.8. The molecular weight excluding hydrogens is 316 g/mol. The number of amides is 1. The Balaban J connectivity index is 1.52. The van der Waals surface area contributed by atoms with E-state index in [4.69, 9.17) is 4.74 Å². The molecule has 3 heterocycles. The Labute approximate surface area is 146 Å². The lowest BCUT2D eigenvalue weighted by Gasteiger charge is -2.33. The molecule has 1 aromatic carbocycles. The molecule has 128 valence electrons. The third-order valence-electron chi connectivity index (χ3n) is 4.47. The largest absolute Gasteiger partial charge is 0.374 e. The molecule has 25 heavy (non-hydrogen) atoms. The van der Waals surface area contributed by atoms with E-state index in [9.17, 15) is 4.79 Å². The molecule has 1 unspecified atom stereocenters. The molecule has 2 aromatic heterocycles. The van der Waals surface area contributed by atoms with Crippen molar-refractivity contribution in [3.8, 4) is 0 Å². The molecular formula is C19H20N4O2. The lowest BCUT2D eigenvalue weighted by molar-refractivity contribution is -0.0207. The quantitative estimate of drug-likeness (QED) is 0.735. The zero-order chi connectivity index (χ0) is 17.2. The smallest absolute Gasteiger partial charge is 0.259 e. The SMILES string of the molecule is Cc1ccn2ncc(C(=O)N3CCOC(Cc4ccccc4)C3)c2n1. The molecule has 0 bridgehead atoms. The molecule has 1 fully saturated rings. The number of carbonyl (C=O) groups excluding carboxylic acids is 1. The van der Waals surface area contributed by atoms with Crippen LogP contribution < -0.4 is 0 Å². The number of aromatic nitrogens is 3. The summed E-state index contributed by atoms with van der Waals surface area (Å²) >= 11 is 0. The van der Waals surface area contributed by atoms with Crippen LogP contribution >= 0.6 is 0 Å². The highest BCUT2D eigenvalue weighted by molar-refractivity contribution is 5.99. The maximum absolute atomic E-state index is 13.0. The van der Waals surface area contributed by atoms with Crippen molar-refractivity contribution >= 4 is 11.6 Å². The Morgan fingerprint density at radius 2 is 2.12 bits per heavy atom. The van der Waals surface area contributed by atoms with E-state index in [1.54, 1.807) is 10.7 Å². The summed E-state index contributed by atoms with van der Waals surface area (Å²) in [6, 6.07) is 12.1. The zero-order valence-electron chi connectivity index (χ0n) is 14.1. The van der Waals surface area contributed by atoms with Crippen molar-refractivity contribution in [3.63, 3.8) is 0 Å². The molecule has 0 radical (unpaired) electrons. The van der Waals surface area contributed by atoms with E-state index in [0.29, 0.717) is 30.9 Å². The van der Waals surface area contributed by atoms with E-state index >= 15 is 0 Å². The van der Waals surface area contributed by atoms with Gasteiger partial charge in [0.15, 0.2) is 5.65 Å². The standard InChI is InChI=1S/C19H20N4O2/c1-14-7-8-23-18(21-14)17(12-20-23)19(24)22-9-10-25-16(13-22)11-15-5-3-2-4-6-15/h2-8,12,16H,9-11,13H2,1H3. The van der Waals surface area contributed by atoms with Crippen LogP contribution in [0.3, 0.4) is 0 Å². The van der Waals surface area contributed by atoms with Gasteiger partial charge >= 0.3 is 0 Å². The van der Waals surface area contributed by atoms with E-state index in [1.807, 2.05) is 42.3 Å². The minimum atomic E-state index is -0.0329. The van der Waals surface area contributed by atoms with Gasteiger partial charge in [-0.1, -0.05) is 30.3 Å². The van der Waals surface area contributed by atoms with E-state index in [0.717, 1.165) is 12.1 Å². The topological polar surface area (TPSA) is 59.7 Å². The number of carbonyl (C=O) groups is 1. The minimum absolute atomic E-state index is 0.0108. The van der Waals surface area contributed by atoms with Crippen molar-refractivity contribution in [2.24, 2.45) is 0 Å². The second-order valence-corrected chi connectivity index (χ2v) is 6.33. The highest BCUT2D eigenvalue weighted by Gasteiger charge is 2.27. The van der Waals surface area contributed by atoms with Crippen LogP contribution in [0.2, 0.25) is 0 Å². The Morgan fingerprint density at radius 1 is 1.28 bits per heavy atom. The fraction of sp³-hybridized carbons (Fsp3) is 0.316. The summed E-state index contributed by atoms with van der Waals surface area (Å²) in [7, 11) is 0. The average molecular weight is 336 g/mol. The van der Waals surface area contributed by atoms with E-state index in [2.05, 4.69) is 22.2 Å². The molecule has 1 atom stereocenters.